The van der Waals surface area contributed by atoms with Crippen molar-refractivity contribution >= 4 is 0 Å². The molecular formula is C18H22O3. The van der Waals surface area contributed by atoms with Crippen molar-refractivity contribution in [1.82, 2.24) is 0 Å². The summed E-state index contributed by atoms with van der Waals surface area (Å²) >= 11 is 0. The maximum absolute atomic E-state index is 10.3. The first-order chi connectivity index (χ1) is 10.0. The molecule has 3 nitrogen and oxygen atoms in total. The van der Waals surface area contributed by atoms with Crippen molar-refractivity contribution in [2.75, 3.05) is 0 Å². The fourth-order valence-corrected chi connectivity index (χ4v) is 2.94. The molecule has 0 radical (unpaired) electrons. The van der Waals surface area contributed by atoms with Gasteiger partial charge >= 0.3 is 0 Å². The summed E-state index contributed by atoms with van der Waals surface area (Å²) in [5, 5.41) is 30.2. The minimum atomic E-state index is 0.105. The maximum atomic E-state index is 10.3. The van der Waals surface area contributed by atoms with Crippen molar-refractivity contribution < 1.29 is 15.3 Å². The molecule has 2 rings (SSSR count). The molecule has 0 spiro atoms. The zero-order valence-corrected chi connectivity index (χ0v) is 12.8. The molecule has 0 saturated carbocycles. The number of aryl methyl sites for hydroxylation is 1. The van der Waals surface area contributed by atoms with E-state index in [1.54, 1.807) is 6.07 Å². The number of benzene rings is 2. The number of phenolic OH excluding ortho intramolecular Hbond substituents is 3. The van der Waals surface area contributed by atoms with E-state index in [0.717, 1.165) is 35.1 Å². The lowest BCUT2D eigenvalue weighted by Crippen LogP contribution is -2.01. The first kappa shape index (κ1) is 15.2. The zero-order valence-electron chi connectivity index (χ0n) is 12.8. The summed E-state index contributed by atoms with van der Waals surface area (Å²) < 4.78 is 0. The monoisotopic (exact) mass is 286 g/mol. The third-order valence-electron chi connectivity index (χ3n) is 3.95. The van der Waals surface area contributed by atoms with E-state index in [1.807, 2.05) is 19.9 Å². The molecule has 0 bridgehead atoms. The highest BCUT2D eigenvalue weighted by molar-refractivity contribution is 5.80. The Balaban J connectivity index is 2.87. The molecule has 3 N–H and O–H groups in total. The van der Waals surface area contributed by atoms with Crippen LogP contribution in [0.5, 0.6) is 17.2 Å². The van der Waals surface area contributed by atoms with E-state index < -0.39 is 0 Å². The standard InChI is InChI=1S/C18H22O3/c1-4-11-9-17(21)14(6-3)18(13(11)5-2)15-10-12(19)7-8-16(15)20/h7-10,19-21H,4-6H2,1-3H3. The smallest absolute Gasteiger partial charge is 0.123 e. The predicted molar refractivity (Wildman–Crippen MR) is 85.0 cm³/mol. The maximum Gasteiger partial charge on any atom is 0.123 e. The van der Waals surface area contributed by atoms with E-state index in [-0.39, 0.29) is 17.2 Å². The van der Waals surface area contributed by atoms with Gasteiger partial charge in [-0.25, -0.2) is 0 Å². The van der Waals surface area contributed by atoms with Gasteiger partial charge in [0.1, 0.15) is 17.2 Å². The van der Waals surface area contributed by atoms with Gasteiger partial charge in [-0.1, -0.05) is 20.8 Å². The number of hydrogen-bond acceptors (Lipinski definition) is 3. The van der Waals surface area contributed by atoms with Crippen LogP contribution in [0.1, 0.15) is 37.5 Å². The van der Waals surface area contributed by atoms with Crippen LogP contribution in [0.15, 0.2) is 24.3 Å². The van der Waals surface area contributed by atoms with Crippen LogP contribution in [0.2, 0.25) is 0 Å². The zero-order chi connectivity index (χ0) is 15.6. The van der Waals surface area contributed by atoms with E-state index in [1.165, 1.54) is 12.1 Å². The molecule has 0 aliphatic carbocycles. The Kier molecular flexibility index (Phi) is 4.41. The summed E-state index contributed by atoms with van der Waals surface area (Å²) in [4.78, 5) is 0. The van der Waals surface area contributed by atoms with Gasteiger partial charge in [0.25, 0.3) is 0 Å². The number of aromatic hydroxyl groups is 3. The summed E-state index contributed by atoms with van der Waals surface area (Å²) in [5.74, 6) is 0.474. The molecule has 3 heteroatoms. The number of hydrogen-bond donors (Lipinski definition) is 3. The summed E-state index contributed by atoms with van der Waals surface area (Å²) in [6.07, 6.45) is 2.28. The molecule has 0 aromatic heterocycles. The predicted octanol–water partition coefficient (Wildman–Crippen LogP) is 4.16. The summed E-state index contributed by atoms with van der Waals surface area (Å²) in [7, 11) is 0. The quantitative estimate of drug-likeness (QED) is 0.740. The van der Waals surface area contributed by atoms with Gasteiger partial charge in [0.15, 0.2) is 0 Å². The summed E-state index contributed by atoms with van der Waals surface area (Å²) in [6.45, 7) is 6.09. The van der Waals surface area contributed by atoms with E-state index in [4.69, 9.17) is 0 Å². The largest absolute Gasteiger partial charge is 0.508 e. The van der Waals surface area contributed by atoms with Crippen molar-refractivity contribution in [3.63, 3.8) is 0 Å². The molecule has 2 aromatic carbocycles. The van der Waals surface area contributed by atoms with E-state index in [9.17, 15) is 15.3 Å². The summed E-state index contributed by atoms with van der Waals surface area (Å²) in [6, 6.07) is 6.32. The molecule has 112 valence electrons. The molecule has 0 aliphatic rings. The van der Waals surface area contributed by atoms with Crippen LogP contribution < -0.4 is 0 Å². The molecule has 0 saturated heterocycles. The highest BCUT2D eigenvalue weighted by atomic mass is 16.3. The molecule has 0 aliphatic heterocycles. The van der Waals surface area contributed by atoms with Gasteiger partial charge < -0.3 is 15.3 Å². The van der Waals surface area contributed by atoms with Crippen molar-refractivity contribution in [3.8, 4) is 28.4 Å². The van der Waals surface area contributed by atoms with Gasteiger partial charge in [0.2, 0.25) is 0 Å². The van der Waals surface area contributed by atoms with Crippen LogP contribution in [0, 0.1) is 0 Å². The van der Waals surface area contributed by atoms with Crippen LogP contribution in [0.3, 0.4) is 0 Å². The molecular weight excluding hydrogens is 264 g/mol. The first-order valence-corrected chi connectivity index (χ1v) is 7.42. The Labute approximate surface area is 125 Å². The third kappa shape index (κ3) is 2.68. The van der Waals surface area contributed by atoms with Crippen molar-refractivity contribution in [2.45, 2.75) is 40.0 Å². The Morgan fingerprint density at radius 3 is 2.00 bits per heavy atom. The Bertz CT molecular complexity index is 660. The molecule has 21 heavy (non-hydrogen) atoms. The lowest BCUT2D eigenvalue weighted by atomic mass is 9.86. The van der Waals surface area contributed by atoms with Crippen LogP contribution in [0.4, 0.5) is 0 Å². The molecule has 0 amide bonds. The van der Waals surface area contributed by atoms with E-state index >= 15 is 0 Å². The molecule has 2 aromatic rings. The lowest BCUT2D eigenvalue weighted by Gasteiger charge is -2.19. The third-order valence-corrected chi connectivity index (χ3v) is 3.95. The van der Waals surface area contributed by atoms with Crippen molar-refractivity contribution in [3.05, 3.63) is 41.0 Å². The topological polar surface area (TPSA) is 60.7 Å². The summed E-state index contributed by atoms with van der Waals surface area (Å²) in [5.41, 5.74) is 4.43. The molecule has 0 atom stereocenters. The Morgan fingerprint density at radius 2 is 1.43 bits per heavy atom. The van der Waals surface area contributed by atoms with Gasteiger partial charge in [-0.15, -0.1) is 0 Å². The van der Waals surface area contributed by atoms with Gasteiger partial charge in [0, 0.05) is 11.1 Å². The SMILES string of the molecule is CCc1cc(O)c(CC)c(-c2cc(O)ccc2O)c1CC. The first-order valence-electron chi connectivity index (χ1n) is 7.42. The minimum Gasteiger partial charge on any atom is -0.508 e. The van der Waals surface area contributed by atoms with Crippen molar-refractivity contribution in [2.24, 2.45) is 0 Å². The van der Waals surface area contributed by atoms with Crippen LogP contribution in [0.25, 0.3) is 11.1 Å². The molecule has 0 unspecified atom stereocenters. The van der Waals surface area contributed by atoms with Crippen LogP contribution in [-0.4, -0.2) is 15.3 Å². The van der Waals surface area contributed by atoms with E-state index in [0.29, 0.717) is 12.0 Å². The normalized spacial score (nSPS) is 10.8. The van der Waals surface area contributed by atoms with Crippen LogP contribution >= 0.6 is 0 Å². The van der Waals surface area contributed by atoms with Gasteiger partial charge in [-0.3, -0.25) is 0 Å². The Morgan fingerprint density at radius 1 is 0.762 bits per heavy atom. The average molecular weight is 286 g/mol. The lowest BCUT2D eigenvalue weighted by molar-refractivity contribution is 0.460. The Hall–Kier alpha value is -2.16. The molecule has 0 heterocycles. The second-order valence-corrected chi connectivity index (χ2v) is 5.15. The fraction of sp³-hybridized carbons (Fsp3) is 0.333. The van der Waals surface area contributed by atoms with Gasteiger partial charge in [0.05, 0.1) is 0 Å². The van der Waals surface area contributed by atoms with Crippen LogP contribution in [-0.2, 0) is 19.3 Å². The second-order valence-electron chi connectivity index (χ2n) is 5.15. The highest BCUT2D eigenvalue weighted by Crippen LogP contribution is 2.41. The highest BCUT2D eigenvalue weighted by Gasteiger charge is 2.19. The second kappa shape index (κ2) is 6.08. The van der Waals surface area contributed by atoms with E-state index in [2.05, 4.69) is 6.92 Å². The van der Waals surface area contributed by atoms with Gasteiger partial charge in [-0.2, -0.15) is 0 Å². The van der Waals surface area contributed by atoms with Gasteiger partial charge in [-0.05, 0) is 60.2 Å². The average Bonchev–Trinajstić information content (AvgIpc) is 2.48. The fourth-order valence-electron chi connectivity index (χ4n) is 2.94. The number of phenols is 3. The molecule has 0 fully saturated rings. The number of rotatable bonds is 4. The van der Waals surface area contributed by atoms with Crippen molar-refractivity contribution in [1.29, 1.82) is 0 Å². The minimum absolute atomic E-state index is 0.105.